The van der Waals surface area contributed by atoms with Crippen LogP contribution in [0.15, 0.2) is 0 Å². The molecule has 0 bridgehead atoms. The predicted octanol–water partition coefficient (Wildman–Crippen LogP) is 3.28. The van der Waals surface area contributed by atoms with Gasteiger partial charge in [-0.1, -0.05) is 37.4 Å². The van der Waals surface area contributed by atoms with Gasteiger partial charge in [-0.15, -0.1) is 6.04 Å². The van der Waals surface area contributed by atoms with Gasteiger partial charge in [0.05, 0.1) is 0 Å². The van der Waals surface area contributed by atoms with Crippen molar-refractivity contribution in [1.29, 1.82) is 0 Å². The fourth-order valence-electron chi connectivity index (χ4n) is 1.80. The molecule has 15 heavy (non-hydrogen) atoms. The average Bonchev–Trinajstić information content (AvgIpc) is 2.15. The third-order valence-electron chi connectivity index (χ3n) is 2.70. The van der Waals surface area contributed by atoms with Gasteiger partial charge in [-0.25, -0.2) is 0 Å². The molecule has 1 saturated carbocycles. The van der Waals surface area contributed by atoms with Crippen molar-refractivity contribution in [2.24, 2.45) is 5.92 Å². The van der Waals surface area contributed by atoms with E-state index in [4.69, 9.17) is 0 Å². The summed E-state index contributed by atoms with van der Waals surface area (Å²) in [6, 6.07) is 0.596. The number of carbonyl (C=O) groups is 1. The van der Waals surface area contributed by atoms with Crippen LogP contribution in [-0.2, 0) is 25.9 Å². The van der Waals surface area contributed by atoms with Crippen LogP contribution < -0.4 is 0 Å². The fraction of sp³-hybridized carbons (Fsp3) is 0.818. The molecule has 0 unspecified atom stereocenters. The van der Waals surface area contributed by atoms with Crippen LogP contribution in [0.4, 0.5) is 0 Å². The summed E-state index contributed by atoms with van der Waals surface area (Å²) in [4.78, 5) is 10.8. The summed E-state index contributed by atoms with van der Waals surface area (Å²) in [7, 11) is 1.91. The van der Waals surface area contributed by atoms with Crippen molar-refractivity contribution in [2.45, 2.75) is 38.6 Å². The Labute approximate surface area is 113 Å². The zero-order valence-corrected chi connectivity index (χ0v) is 13.6. The van der Waals surface area contributed by atoms with Crippen LogP contribution >= 0.6 is 11.8 Å². The zero-order chi connectivity index (χ0) is 9.68. The Morgan fingerprint density at radius 2 is 1.87 bits per heavy atom. The number of carbonyl (C=O) groups excluding carboxylic acids is 1. The molecule has 1 aliphatic carbocycles. The van der Waals surface area contributed by atoms with E-state index in [1.165, 1.54) is 37.4 Å². The number of thioether (sulfide) groups is 1. The SMILES string of the molecule is C[N-]C1CCC(CSC(C)=O)CC1.[CH3-].[W+2]. The Bertz CT molecular complexity index is 170. The second kappa shape index (κ2) is 9.86. The largest absolute Gasteiger partial charge is 2.00 e. The number of rotatable bonds is 3. The van der Waals surface area contributed by atoms with Crippen LogP contribution in [0.5, 0.6) is 0 Å². The van der Waals surface area contributed by atoms with E-state index < -0.39 is 0 Å². The quantitative estimate of drug-likeness (QED) is 0.683. The monoisotopic (exact) mass is 399 g/mol. The molecule has 0 radical (unpaired) electrons. The van der Waals surface area contributed by atoms with Gasteiger partial charge in [0.15, 0.2) is 5.12 Å². The summed E-state index contributed by atoms with van der Waals surface area (Å²) >= 11 is 1.48. The predicted molar refractivity (Wildman–Crippen MR) is 64.6 cm³/mol. The van der Waals surface area contributed by atoms with Gasteiger partial charge in [-0.3, -0.25) is 4.79 Å². The van der Waals surface area contributed by atoms with E-state index in [-0.39, 0.29) is 33.6 Å². The molecule has 0 aromatic rings. The minimum atomic E-state index is 0. The van der Waals surface area contributed by atoms with Gasteiger partial charge < -0.3 is 12.7 Å². The summed E-state index contributed by atoms with van der Waals surface area (Å²) < 4.78 is 0. The summed E-state index contributed by atoms with van der Waals surface area (Å²) in [5.74, 6) is 1.78. The summed E-state index contributed by atoms with van der Waals surface area (Å²) in [6.45, 7) is 1.65. The van der Waals surface area contributed by atoms with Crippen molar-refractivity contribution in [3.05, 3.63) is 12.7 Å². The maximum atomic E-state index is 10.8. The Balaban J connectivity index is 0. The van der Waals surface area contributed by atoms with Crippen molar-refractivity contribution >= 4 is 16.9 Å². The van der Waals surface area contributed by atoms with E-state index in [0.717, 1.165) is 11.7 Å². The third-order valence-corrected chi connectivity index (χ3v) is 3.75. The zero-order valence-electron chi connectivity index (χ0n) is 9.86. The van der Waals surface area contributed by atoms with Gasteiger partial charge in [0.1, 0.15) is 0 Å². The van der Waals surface area contributed by atoms with Gasteiger partial charge in [-0.2, -0.15) is 7.05 Å². The molecule has 0 spiro atoms. The maximum Gasteiger partial charge on any atom is 2.00 e. The molecule has 88 valence electrons. The van der Waals surface area contributed by atoms with Gasteiger partial charge in [-0.05, 0) is 5.92 Å². The second-order valence-electron chi connectivity index (χ2n) is 3.74. The standard InChI is InChI=1S/C10H18NOS.CH3.W/c1-8(12)13-7-9-3-5-10(11-2)6-4-9;;/h9-10H,3-7H2,1-2H3;1H3;/q2*-1;+2. The van der Waals surface area contributed by atoms with Crippen molar-refractivity contribution < 1.29 is 25.9 Å². The molecule has 1 rings (SSSR count). The maximum absolute atomic E-state index is 10.8. The minimum absolute atomic E-state index is 0. The van der Waals surface area contributed by atoms with Crippen LogP contribution in [0.1, 0.15) is 32.6 Å². The molecule has 0 aromatic heterocycles. The number of hydrogen-bond acceptors (Lipinski definition) is 2. The molecule has 0 N–H and O–H groups in total. The van der Waals surface area contributed by atoms with Crippen LogP contribution in [0.2, 0.25) is 0 Å². The molecular weight excluding hydrogens is 378 g/mol. The molecule has 0 saturated heterocycles. The van der Waals surface area contributed by atoms with Crippen LogP contribution in [-0.4, -0.2) is 24.0 Å². The van der Waals surface area contributed by atoms with E-state index in [1.54, 1.807) is 6.92 Å². The molecule has 4 heteroatoms. The number of nitrogens with zero attached hydrogens (tertiary/aromatic N) is 1. The summed E-state index contributed by atoms with van der Waals surface area (Å²) in [5.41, 5.74) is 0. The summed E-state index contributed by atoms with van der Waals surface area (Å²) in [5, 5.41) is 4.56. The van der Waals surface area contributed by atoms with Crippen molar-refractivity contribution in [2.75, 3.05) is 12.8 Å². The Morgan fingerprint density at radius 1 is 1.33 bits per heavy atom. The van der Waals surface area contributed by atoms with E-state index >= 15 is 0 Å². The van der Waals surface area contributed by atoms with E-state index in [0.29, 0.717) is 6.04 Å². The van der Waals surface area contributed by atoms with Crippen LogP contribution in [0, 0.1) is 13.3 Å². The van der Waals surface area contributed by atoms with Crippen LogP contribution in [0.25, 0.3) is 5.32 Å². The molecule has 0 aromatic carbocycles. The topological polar surface area (TPSA) is 31.2 Å². The Kier molecular flexibility index (Phi) is 11.9. The van der Waals surface area contributed by atoms with Gasteiger partial charge in [0.2, 0.25) is 0 Å². The second-order valence-corrected chi connectivity index (χ2v) is 4.93. The number of hydrogen-bond donors (Lipinski definition) is 0. The first-order valence-electron chi connectivity index (χ1n) is 4.94. The van der Waals surface area contributed by atoms with Crippen molar-refractivity contribution in [3.63, 3.8) is 0 Å². The third kappa shape index (κ3) is 7.54. The molecule has 1 aliphatic rings. The first-order chi connectivity index (χ1) is 6.22. The smallest absolute Gasteiger partial charge is 0.662 e. The van der Waals surface area contributed by atoms with Crippen molar-refractivity contribution in [1.82, 2.24) is 0 Å². The van der Waals surface area contributed by atoms with E-state index in [2.05, 4.69) is 5.32 Å². The fourth-order valence-corrected chi connectivity index (χ4v) is 2.61. The van der Waals surface area contributed by atoms with E-state index in [9.17, 15) is 4.79 Å². The minimum Gasteiger partial charge on any atom is -0.662 e. The Hall–Kier alpha value is 0.668. The summed E-state index contributed by atoms with van der Waals surface area (Å²) in [6.07, 6.45) is 4.95. The average molecular weight is 399 g/mol. The molecule has 0 heterocycles. The van der Waals surface area contributed by atoms with Crippen molar-refractivity contribution in [3.8, 4) is 0 Å². The molecule has 1 fully saturated rings. The van der Waals surface area contributed by atoms with Crippen LogP contribution in [0.3, 0.4) is 0 Å². The van der Waals surface area contributed by atoms with Gasteiger partial charge in [0.25, 0.3) is 0 Å². The van der Waals surface area contributed by atoms with Gasteiger partial charge in [0, 0.05) is 12.7 Å². The first kappa shape index (κ1) is 18.0. The molecule has 0 amide bonds. The molecule has 0 aliphatic heterocycles. The van der Waals surface area contributed by atoms with E-state index in [1.807, 2.05) is 7.05 Å². The Morgan fingerprint density at radius 3 is 2.27 bits per heavy atom. The molecule has 2 nitrogen and oxygen atoms in total. The first-order valence-corrected chi connectivity index (χ1v) is 5.93. The van der Waals surface area contributed by atoms with Gasteiger partial charge >= 0.3 is 21.1 Å². The normalized spacial score (nSPS) is 24.9. The molecular formula is C11H21NOSW. The molecule has 0 atom stereocenters.